The molecule has 0 saturated carbocycles. The number of nitrogens with one attached hydrogen (secondary N) is 2. The van der Waals surface area contributed by atoms with Crippen molar-refractivity contribution >= 4 is 22.7 Å². The summed E-state index contributed by atoms with van der Waals surface area (Å²) in [6.07, 6.45) is 4.80. The molecule has 3 aromatic rings. The molecule has 0 atom stereocenters. The Morgan fingerprint density at radius 3 is 2.68 bits per heavy atom. The molecule has 5 nitrogen and oxygen atoms in total. The first-order valence-electron chi connectivity index (χ1n) is 7.61. The molecule has 1 aromatic carbocycles. The van der Waals surface area contributed by atoms with Crippen LogP contribution in [0, 0.1) is 18.2 Å². The van der Waals surface area contributed by atoms with Gasteiger partial charge in [-0.05, 0) is 25.1 Å². The number of thiazole rings is 1. The van der Waals surface area contributed by atoms with Gasteiger partial charge in [-0.15, -0.1) is 11.3 Å². The second kappa shape index (κ2) is 7.76. The lowest BCUT2D eigenvalue weighted by molar-refractivity contribution is 0.605. The summed E-state index contributed by atoms with van der Waals surface area (Å²) in [5.74, 6) is 0.0482. The van der Waals surface area contributed by atoms with Gasteiger partial charge in [0.25, 0.3) is 0 Å². The molecule has 126 valence electrons. The third-order valence-electron chi connectivity index (χ3n) is 3.37. The van der Waals surface area contributed by atoms with Gasteiger partial charge in [0.05, 0.1) is 5.70 Å². The molecule has 0 aliphatic rings. The van der Waals surface area contributed by atoms with Gasteiger partial charge in [-0.1, -0.05) is 18.2 Å². The summed E-state index contributed by atoms with van der Waals surface area (Å²) in [6.45, 7) is 2.19. The molecule has 0 amide bonds. The fourth-order valence-electron chi connectivity index (χ4n) is 2.15. The quantitative estimate of drug-likeness (QED) is 0.664. The molecule has 2 N–H and O–H groups in total. The van der Waals surface area contributed by atoms with Crippen LogP contribution < -0.4 is 5.32 Å². The van der Waals surface area contributed by atoms with Crippen molar-refractivity contribution < 1.29 is 4.39 Å². The fraction of sp³-hybridized carbons (Fsp3) is 0.111. The summed E-state index contributed by atoms with van der Waals surface area (Å²) in [7, 11) is 0. The summed E-state index contributed by atoms with van der Waals surface area (Å²) in [6, 6.07) is 8.29. The lowest BCUT2D eigenvalue weighted by atomic mass is 10.2. The Balaban J connectivity index is 1.86. The van der Waals surface area contributed by atoms with E-state index in [9.17, 15) is 4.39 Å². The Labute approximate surface area is 148 Å². The number of nitrogens with zero attached hydrogens (tertiary/aromatic N) is 3. The van der Waals surface area contributed by atoms with E-state index in [1.54, 1.807) is 42.7 Å². The maximum Gasteiger partial charge on any atom is 0.177 e. The Hall–Kier alpha value is -2.93. The molecule has 2 heterocycles. The second-order valence-corrected chi connectivity index (χ2v) is 6.14. The number of hydrogen-bond donors (Lipinski definition) is 2. The molecule has 0 unspecified atom stereocenters. The van der Waals surface area contributed by atoms with Crippen molar-refractivity contribution in [3.63, 3.8) is 0 Å². The molecule has 2 aromatic heterocycles. The SMILES string of the molecule is Cc1csc(/C(=C/C(=N)c2ncccn2)NCc2ccccc2F)n1. The first-order valence-corrected chi connectivity index (χ1v) is 8.49. The average molecular weight is 353 g/mol. The van der Waals surface area contributed by atoms with E-state index in [4.69, 9.17) is 5.41 Å². The van der Waals surface area contributed by atoms with Gasteiger partial charge in [0.15, 0.2) is 5.82 Å². The molecule has 25 heavy (non-hydrogen) atoms. The highest BCUT2D eigenvalue weighted by molar-refractivity contribution is 7.10. The van der Waals surface area contributed by atoms with Gasteiger partial charge < -0.3 is 5.32 Å². The number of allylic oxidation sites excluding steroid dienone is 1. The Morgan fingerprint density at radius 2 is 2.00 bits per heavy atom. The number of rotatable bonds is 6. The van der Waals surface area contributed by atoms with E-state index < -0.39 is 0 Å². The van der Waals surface area contributed by atoms with Gasteiger partial charge in [-0.2, -0.15) is 0 Å². The first kappa shape index (κ1) is 16.9. The number of aromatic nitrogens is 3. The van der Waals surface area contributed by atoms with Crippen LogP contribution in [-0.2, 0) is 6.54 Å². The van der Waals surface area contributed by atoms with Crippen molar-refractivity contribution in [2.24, 2.45) is 0 Å². The van der Waals surface area contributed by atoms with Gasteiger partial charge in [0.1, 0.15) is 16.5 Å². The van der Waals surface area contributed by atoms with Crippen LogP contribution in [0.3, 0.4) is 0 Å². The van der Waals surface area contributed by atoms with Gasteiger partial charge in [0.2, 0.25) is 0 Å². The number of halogens is 1. The van der Waals surface area contributed by atoms with Gasteiger partial charge in [-0.25, -0.2) is 19.3 Å². The zero-order chi connectivity index (χ0) is 17.6. The molecule has 0 aliphatic heterocycles. The average Bonchev–Trinajstić information content (AvgIpc) is 3.06. The van der Waals surface area contributed by atoms with Crippen molar-refractivity contribution in [2.75, 3.05) is 0 Å². The summed E-state index contributed by atoms with van der Waals surface area (Å²) < 4.78 is 13.8. The highest BCUT2D eigenvalue weighted by Gasteiger charge is 2.10. The minimum Gasteiger partial charge on any atom is -0.378 e. The van der Waals surface area contributed by atoms with Crippen LogP contribution in [0.2, 0.25) is 0 Å². The maximum absolute atomic E-state index is 13.8. The number of aryl methyl sites for hydroxylation is 1. The largest absolute Gasteiger partial charge is 0.378 e. The van der Waals surface area contributed by atoms with Crippen LogP contribution in [0.15, 0.2) is 54.2 Å². The van der Waals surface area contributed by atoms with Gasteiger partial charge in [0, 0.05) is 35.6 Å². The van der Waals surface area contributed by atoms with E-state index in [1.165, 1.54) is 17.4 Å². The maximum atomic E-state index is 13.8. The van der Waals surface area contributed by atoms with Crippen molar-refractivity contribution in [2.45, 2.75) is 13.5 Å². The topological polar surface area (TPSA) is 74.6 Å². The van der Waals surface area contributed by atoms with E-state index in [1.807, 2.05) is 12.3 Å². The highest BCUT2D eigenvalue weighted by Crippen LogP contribution is 2.19. The Morgan fingerprint density at radius 1 is 1.24 bits per heavy atom. The molecule has 0 spiro atoms. The smallest absolute Gasteiger partial charge is 0.177 e. The Bertz CT molecular complexity index is 905. The first-order chi connectivity index (χ1) is 12.1. The summed E-state index contributed by atoms with van der Waals surface area (Å²) in [4.78, 5) is 12.6. The standard InChI is InChI=1S/C18H16FN5S/c1-12-11-25-18(24-12)16(9-15(20)17-21-7-4-8-22-17)23-10-13-5-2-3-6-14(13)19/h2-9,11,20,23H,10H2,1H3/b16-9-,20-15?. The predicted molar refractivity (Wildman–Crippen MR) is 96.9 cm³/mol. The lowest BCUT2D eigenvalue weighted by Gasteiger charge is -2.10. The van der Waals surface area contributed by atoms with Crippen LogP contribution >= 0.6 is 11.3 Å². The lowest BCUT2D eigenvalue weighted by Crippen LogP contribution is -2.15. The zero-order valence-corrected chi connectivity index (χ0v) is 14.3. The molecular formula is C18H16FN5S. The fourth-order valence-corrected chi connectivity index (χ4v) is 2.93. The normalized spacial score (nSPS) is 11.4. The van der Waals surface area contributed by atoms with Crippen molar-refractivity contribution in [3.8, 4) is 0 Å². The van der Waals surface area contributed by atoms with Crippen molar-refractivity contribution in [3.05, 3.63) is 82.1 Å². The Kier molecular flexibility index (Phi) is 5.25. The van der Waals surface area contributed by atoms with Gasteiger partial charge in [-0.3, -0.25) is 5.41 Å². The van der Waals surface area contributed by atoms with Crippen LogP contribution in [0.1, 0.15) is 22.1 Å². The molecule has 0 fully saturated rings. The van der Waals surface area contributed by atoms with E-state index in [0.717, 1.165) is 10.7 Å². The molecule has 0 saturated heterocycles. The summed E-state index contributed by atoms with van der Waals surface area (Å²) >= 11 is 1.46. The van der Waals surface area contributed by atoms with Crippen LogP contribution in [-0.4, -0.2) is 20.7 Å². The summed E-state index contributed by atoms with van der Waals surface area (Å²) in [5, 5.41) is 14.0. The number of hydrogen-bond acceptors (Lipinski definition) is 6. The van der Waals surface area contributed by atoms with Crippen molar-refractivity contribution in [1.29, 1.82) is 5.41 Å². The molecule has 0 bridgehead atoms. The second-order valence-electron chi connectivity index (χ2n) is 5.28. The molecule has 0 radical (unpaired) electrons. The van der Waals surface area contributed by atoms with Crippen molar-refractivity contribution in [1.82, 2.24) is 20.3 Å². The van der Waals surface area contributed by atoms with E-state index in [0.29, 0.717) is 23.6 Å². The minimum atomic E-state index is -0.272. The van der Waals surface area contributed by atoms with Crippen LogP contribution in [0.25, 0.3) is 5.70 Å². The molecule has 7 heteroatoms. The third-order valence-corrected chi connectivity index (χ3v) is 4.37. The van der Waals surface area contributed by atoms with Gasteiger partial charge >= 0.3 is 0 Å². The van der Waals surface area contributed by atoms with E-state index >= 15 is 0 Å². The van der Waals surface area contributed by atoms with Crippen LogP contribution in [0.5, 0.6) is 0 Å². The molecular weight excluding hydrogens is 337 g/mol. The van der Waals surface area contributed by atoms with Crippen LogP contribution in [0.4, 0.5) is 4.39 Å². The molecule has 3 rings (SSSR count). The predicted octanol–water partition coefficient (Wildman–Crippen LogP) is 3.58. The van der Waals surface area contributed by atoms with E-state index in [2.05, 4.69) is 20.3 Å². The van der Waals surface area contributed by atoms with E-state index in [-0.39, 0.29) is 11.5 Å². The highest BCUT2D eigenvalue weighted by atomic mass is 32.1. The minimum absolute atomic E-state index is 0.157. The number of benzene rings is 1. The zero-order valence-electron chi connectivity index (χ0n) is 13.5. The molecule has 0 aliphatic carbocycles. The monoisotopic (exact) mass is 353 g/mol. The summed E-state index contributed by atoms with van der Waals surface area (Å²) in [5.41, 5.74) is 2.23. The third kappa shape index (κ3) is 4.33.